The summed E-state index contributed by atoms with van der Waals surface area (Å²) in [4.78, 5) is 67.0. The zero-order chi connectivity index (χ0) is 51.2. The molecule has 3 aliphatic rings. The van der Waals surface area contributed by atoms with Crippen LogP contribution in [-0.4, -0.2) is 98.0 Å². The monoisotopic (exact) mass is 1030 g/mol. The summed E-state index contributed by atoms with van der Waals surface area (Å²) >= 11 is 9.65. The third-order valence-electron chi connectivity index (χ3n) is 14.1. The number of aromatic nitrogens is 3. The van der Waals surface area contributed by atoms with Crippen LogP contribution in [0.5, 0.6) is 0 Å². The van der Waals surface area contributed by atoms with Gasteiger partial charge in [0.05, 0.1) is 30.7 Å². The zero-order valence-corrected chi connectivity index (χ0v) is 44.3. The van der Waals surface area contributed by atoms with Crippen LogP contribution in [0.15, 0.2) is 89.2 Å². The smallest absolute Gasteiger partial charge is 0.246 e. The Hall–Kier alpha value is -6.20. The molecule has 0 bridgehead atoms. The molecule has 2 fully saturated rings. The van der Waals surface area contributed by atoms with E-state index in [9.17, 15) is 24.3 Å². The number of rotatable bonds is 13. The van der Waals surface area contributed by atoms with Gasteiger partial charge in [-0.15, -0.1) is 32.9 Å². The van der Waals surface area contributed by atoms with E-state index in [4.69, 9.17) is 16.6 Å². The molecule has 2 saturated heterocycles. The predicted octanol–water partition coefficient (Wildman–Crippen LogP) is 8.53. The van der Waals surface area contributed by atoms with Crippen LogP contribution in [-0.2, 0) is 25.6 Å². The number of aliphatic imine (C=N–C) groups is 1. The summed E-state index contributed by atoms with van der Waals surface area (Å²) in [7, 11) is 0. The van der Waals surface area contributed by atoms with Crippen molar-refractivity contribution in [3.8, 4) is 15.4 Å². The van der Waals surface area contributed by atoms with E-state index in [1.807, 2.05) is 99.8 Å². The number of fused-ring (bicyclic) bond motifs is 3. The molecule has 14 nitrogen and oxygen atoms in total. The average Bonchev–Trinajstić information content (AvgIpc) is 4.19. The molecule has 17 heteroatoms. The van der Waals surface area contributed by atoms with Crippen molar-refractivity contribution in [3.05, 3.63) is 139 Å². The number of amides is 4. The highest BCUT2D eigenvalue weighted by Crippen LogP contribution is 2.40. The van der Waals surface area contributed by atoms with E-state index < -0.39 is 35.6 Å². The van der Waals surface area contributed by atoms with Crippen molar-refractivity contribution in [1.82, 2.24) is 35.6 Å². The first-order chi connectivity index (χ1) is 34.3. The maximum Gasteiger partial charge on any atom is 0.246 e. The quantitative estimate of drug-likeness (QED) is 0.0891. The number of thiophene rings is 2. The fourth-order valence-electron chi connectivity index (χ4n) is 10.0. The molecule has 3 aromatic carbocycles. The van der Waals surface area contributed by atoms with E-state index in [1.165, 1.54) is 20.2 Å². The number of hydrogen-bond acceptors (Lipinski definition) is 11. The number of carbonyl (C=O) groups is 4. The Morgan fingerprint density at radius 2 is 1.58 bits per heavy atom. The van der Waals surface area contributed by atoms with Crippen LogP contribution >= 0.6 is 34.3 Å². The van der Waals surface area contributed by atoms with Gasteiger partial charge < -0.3 is 30.9 Å². The molecule has 6 aromatic rings. The first-order valence-corrected chi connectivity index (χ1v) is 26.6. The van der Waals surface area contributed by atoms with Crippen LogP contribution in [0.3, 0.4) is 0 Å². The lowest BCUT2D eigenvalue weighted by molar-refractivity contribution is -0.144. The van der Waals surface area contributed by atoms with Crippen LogP contribution in [0.2, 0.25) is 5.02 Å². The standard InChI is InChI=1S/C55H62ClN9O5S2/c1-30-22-24-71-49(30)38-13-11-36(12-14-38)32(3)57-52(69)44-26-42(66)29-64(44)53(70)50(55(6,7)8)60-45(67)25-35-9-19-41(20-10-35)63-23-21-40(28-63)58-46(68)27-43-51-62-61-34(5)65(51)54-47(31(2)33(4)72-54)48(59-43)37-15-17-39(56)18-16-37/h9-20,22,24,32,40,42-44,50,66H,21,23,25-29H2,1-8H3,(H,57,69)(H,58,68)(H,60,67)/t32-,40+,42+,43-,44-,50+/m0/s1. The van der Waals surface area contributed by atoms with Gasteiger partial charge in [-0.3, -0.25) is 28.7 Å². The van der Waals surface area contributed by atoms with Gasteiger partial charge in [-0.25, -0.2) is 0 Å². The van der Waals surface area contributed by atoms with Gasteiger partial charge in [0.25, 0.3) is 0 Å². The number of β-amino-alcohol motifs (C(OH)–C–C–N with tert-alkyl or cyclic N) is 1. The molecule has 6 heterocycles. The SMILES string of the molecule is Cc1ccsc1-c1ccc([C@H](C)NC(=O)[C@@H]2C[C@@H](O)CN2C(=O)[C@@H](NC(=O)Cc2ccc(N3CC[C@@H](NC(=O)C[C@@H]4N=C(c5ccc(Cl)cc5)c5c(sc(C)c5C)-n5c(C)nnc54)C3)cc2)C(C)(C)C)cc1. The van der Waals surface area contributed by atoms with Gasteiger partial charge in [-0.1, -0.05) is 80.9 Å². The van der Waals surface area contributed by atoms with Gasteiger partial charge >= 0.3 is 0 Å². The number of likely N-dealkylation sites (tertiary alicyclic amines) is 1. The van der Waals surface area contributed by atoms with Crippen molar-refractivity contribution in [3.63, 3.8) is 0 Å². The number of hydrogen-bond donors (Lipinski definition) is 4. The van der Waals surface area contributed by atoms with E-state index in [1.54, 1.807) is 22.7 Å². The summed E-state index contributed by atoms with van der Waals surface area (Å²) in [6.45, 7) is 17.1. The summed E-state index contributed by atoms with van der Waals surface area (Å²) in [5, 5.41) is 32.8. The number of nitrogens with zero attached hydrogens (tertiary/aromatic N) is 6. The minimum atomic E-state index is -0.947. The Labute approximate surface area is 433 Å². The summed E-state index contributed by atoms with van der Waals surface area (Å²) in [6.07, 6.45) is 0.118. The van der Waals surface area contributed by atoms with Crippen LogP contribution in [0, 0.1) is 33.1 Å². The Morgan fingerprint density at radius 1 is 0.875 bits per heavy atom. The highest BCUT2D eigenvalue weighted by Gasteiger charge is 2.45. The number of halogens is 1. The second-order valence-corrected chi connectivity index (χ2v) is 23.1. The van der Waals surface area contributed by atoms with Crippen LogP contribution in [0.1, 0.15) is 109 Å². The molecule has 376 valence electrons. The highest BCUT2D eigenvalue weighted by atomic mass is 35.5. The molecule has 0 radical (unpaired) electrons. The number of benzene rings is 3. The molecule has 0 saturated carbocycles. The first-order valence-electron chi connectivity index (χ1n) is 24.5. The number of carbonyl (C=O) groups excluding carboxylic acids is 4. The number of nitrogens with one attached hydrogen (secondary N) is 3. The maximum atomic E-state index is 14.3. The fourth-order valence-corrected chi connectivity index (χ4v) is 12.3. The normalized spacial score (nSPS) is 19.5. The molecule has 9 rings (SSSR count). The Balaban J connectivity index is 0.800. The van der Waals surface area contributed by atoms with Crippen LogP contribution in [0.25, 0.3) is 15.4 Å². The zero-order valence-electron chi connectivity index (χ0n) is 42.0. The molecular weight excluding hydrogens is 966 g/mol. The first kappa shape index (κ1) is 50.7. The second-order valence-electron chi connectivity index (χ2n) is 20.5. The van der Waals surface area contributed by atoms with Gasteiger partial charge in [0, 0.05) is 63.7 Å². The predicted molar refractivity (Wildman–Crippen MR) is 285 cm³/mol. The molecular formula is C55H62ClN9O5S2. The molecule has 0 unspecified atom stereocenters. The van der Waals surface area contributed by atoms with Crippen molar-refractivity contribution >= 4 is 69.3 Å². The topological polar surface area (TPSA) is 174 Å². The molecule has 3 aliphatic heterocycles. The third-order valence-corrected chi connectivity index (χ3v) is 16.6. The van der Waals surface area contributed by atoms with Crippen molar-refractivity contribution in [1.29, 1.82) is 0 Å². The van der Waals surface area contributed by atoms with Crippen molar-refractivity contribution in [2.24, 2.45) is 10.4 Å². The van der Waals surface area contributed by atoms with E-state index >= 15 is 0 Å². The summed E-state index contributed by atoms with van der Waals surface area (Å²) in [6, 6.07) is 22.8. The molecule has 6 atom stereocenters. The lowest BCUT2D eigenvalue weighted by atomic mass is 9.85. The molecule has 4 amide bonds. The lowest BCUT2D eigenvalue weighted by Crippen LogP contribution is -2.58. The molecule has 0 spiro atoms. The number of aliphatic hydroxyl groups excluding tert-OH is 1. The van der Waals surface area contributed by atoms with E-state index in [2.05, 4.69) is 75.4 Å². The summed E-state index contributed by atoms with van der Waals surface area (Å²) in [5.74, 6) is 0.144. The minimum absolute atomic E-state index is 0.00809. The highest BCUT2D eigenvalue weighted by molar-refractivity contribution is 7.15. The van der Waals surface area contributed by atoms with Crippen molar-refractivity contribution in [2.75, 3.05) is 24.5 Å². The van der Waals surface area contributed by atoms with Gasteiger partial charge in [-0.2, -0.15) is 0 Å². The average molecular weight is 1030 g/mol. The maximum absolute atomic E-state index is 14.3. The van der Waals surface area contributed by atoms with Crippen LogP contribution in [0.4, 0.5) is 5.69 Å². The largest absolute Gasteiger partial charge is 0.391 e. The van der Waals surface area contributed by atoms with Crippen molar-refractivity contribution < 1.29 is 24.3 Å². The van der Waals surface area contributed by atoms with Gasteiger partial charge in [0.15, 0.2) is 5.82 Å². The van der Waals surface area contributed by atoms with Gasteiger partial charge in [0.1, 0.15) is 29.0 Å². The van der Waals surface area contributed by atoms with Gasteiger partial charge in [0.2, 0.25) is 23.6 Å². The van der Waals surface area contributed by atoms with E-state index in [0.29, 0.717) is 17.4 Å². The summed E-state index contributed by atoms with van der Waals surface area (Å²) < 4.78 is 2.05. The van der Waals surface area contributed by atoms with Crippen molar-refractivity contribution in [2.45, 2.75) is 117 Å². The fraction of sp³-hybridized carbons (Fsp3) is 0.400. The number of aryl methyl sites for hydroxylation is 3. The summed E-state index contributed by atoms with van der Waals surface area (Å²) in [5.41, 5.74) is 8.14. The lowest BCUT2D eigenvalue weighted by Gasteiger charge is -2.35. The Bertz CT molecular complexity index is 3030. The molecule has 4 N–H and O–H groups in total. The minimum Gasteiger partial charge on any atom is -0.391 e. The number of anilines is 1. The van der Waals surface area contributed by atoms with Gasteiger partial charge in [-0.05, 0) is 110 Å². The molecule has 3 aromatic heterocycles. The van der Waals surface area contributed by atoms with E-state index in [0.717, 1.165) is 68.6 Å². The number of aliphatic hydroxyl groups is 1. The molecule has 72 heavy (non-hydrogen) atoms. The van der Waals surface area contributed by atoms with E-state index in [-0.39, 0.29) is 55.6 Å². The Morgan fingerprint density at radius 3 is 2.26 bits per heavy atom. The van der Waals surface area contributed by atoms with Crippen LogP contribution < -0.4 is 20.9 Å². The third kappa shape index (κ3) is 10.6. The second kappa shape index (κ2) is 20.7. The Kier molecular flexibility index (Phi) is 14.6. The molecule has 0 aliphatic carbocycles.